The second-order valence-corrected chi connectivity index (χ2v) is 7.51. The summed E-state index contributed by atoms with van der Waals surface area (Å²) in [6, 6.07) is 18.2. The van der Waals surface area contributed by atoms with Crippen LogP contribution in [0.1, 0.15) is 28.8 Å². The van der Waals surface area contributed by atoms with Gasteiger partial charge in [0.25, 0.3) is 0 Å². The van der Waals surface area contributed by atoms with Gasteiger partial charge < -0.3 is 14.8 Å². The first kappa shape index (κ1) is 20.2. The van der Waals surface area contributed by atoms with Gasteiger partial charge in [-0.05, 0) is 76.3 Å². The highest BCUT2D eigenvalue weighted by Crippen LogP contribution is 2.29. The molecule has 0 aromatic heterocycles. The maximum Gasteiger partial charge on any atom is 0.340 e. The summed E-state index contributed by atoms with van der Waals surface area (Å²) >= 11 is 3.53. The van der Waals surface area contributed by atoms with Gasteiger partial charge in [-0.15, -0.1) is 0 Å². The highest BCUT2D eigenvalue weighted by molar-refractivity contribution is 9.10. The van der Waals surface area contributed by atoms with Crippen LogP contribution in [-0.4, -0.2) is 26.2 Å². The summed E-state index contributed by atoms with van der Waals surface area (Å²) in [5.74, 6) is 0.549. The van der Waals surface area contributed by atoms with E-state index in [0.717, 1.165) is 40.9 Å². The normalized spacial score (nSPS) is 10.7. The quantitative estimate of drug-likeness (QED) is 0.345. The van der Waals surface area contributed by atoms with E-state index in [0.29, 0.717) is 12.2 Å². The summed E-state index contributed by atoms with van der Waals surface area (Å²) < 4.78 is 11.6. The van der Waals surface area contributed by atoms with E-state index in [1.807, 2.05) is 37.3 Å². The minimum atomic E-state index is -0.341. The van der Waals surface area contributed by atoms with Gasteiger partial charge in [-0.25, -0.2) is 4.79 Å². The molecule has 0 bridgehead atoms. The Balaban J connectivity index is 1.49. The average Bonchev–Trinajstić information content (AvgIpc) is 2.70. The van der Waals surface area contributed by atoms with E-state index >= 15 is 0 Å². The molecule has 3 rings (SSSR count). The molecule has 3 aromatic carbocycles. The molecular weight excluding hydrogens is 418 g/mol. The number of carbonyl (C=O) groups is 1. The largest absolute Gasteiger partial charge is 0.494 e. The van der Waals surface area contributed by atoms with Crippen molar-refractivity contribution >= 4 is 38.4 Å². The highest BCUT2D eigenvalue weighted by atomic mass is 79.9. The number of benzene rings is 3. The molecule has 3 aromatic rings. The molecule has 0 amide bonds. The van der Waals surface area contributed by atoms with Gasteiger partial charge >= 0.3 is 5.97 Å². The lowest BCUT2D eigenvalue weighted by molar-refractivity contribution is 0.0601. The van der Waals surface area contributed by atoms with Crippen LogP contribution in [0, 0.1) is 6.92 Å². The summed E-state index contributed by atoms with van der Waals surface area (Å²) in [4.78, 5) is 12.0. The van der Waals surface area contributed by atoms with E-state index < -0.39 is 0 Å². The first-order valence-electron chi connectivity index (χ1n) is 9.32. The summed E-state index contributed by atoms with van der Waals surface area (Å²) in [5, 5.41) is 5.74. The number of methoxy groups -OCH3 is 1. The van der Waals surface area contributed by atoms with Crippen LogP contribution in [0.4, 0.5) is 5.69 Å². The zero-order chi connectivity index (χ0) is 19.9. The predicted molar refractivity (Wildman–Crippen MR) is 117 cm³/mol. The van der Waals surface area contributed by atoms with Gasteiger partial charge in [-0.3, -0.25) is 0 Å². The van der Waals surface area contributed by atoms with Gasteiger partial charge in [-0.1, -0.05) is 30.3 Å². The number of ether oxygens (including phenoxy) is 2. The van der Waals surface area contributed by atoms with E-state index in [9.17, 15) is 4.79 Å². The Kier molecular flexibility index (Phi) is 6.93. The van der Waals surface area contributed by atoms with Crippen molar-refractivity contribution in [2.45, 2.75) is 19.8 Å². The third-order valence-corrected chi connectivity index (χ3v) is 5.13. The van der Waals surface area contributed by atoms with Crippen molar-refractivity contribution in [3.63, 3.8) is 0 Å². The van der Waals surface area contributed by atoms with Crippen LogP contribution >= 0.6 is 15.9 Å². The molecule has 4 nitrogen and oxygen atoms in total. The number of anilines is 1. The fourth-order valence-corrected chi connectivity index (χ4v) is 3.80. The van der Waals surface area contributed by atoms with Crippen molar-refractivity contribution in [2.24, 2.45) is 0 Å². The predicted octanol–water partition coefficient (Wildman–Crippen LogP) is 5.97. The molecule has 0 fully saturated rings. The molecule has 1 N–H and O–H groups in total. The average molecular weight is 442 g/mol. The minimum absolute atomic E-state index is 0.341. The first-order valence-corrected chi connectivity index (χ1v) is 10.1. The van der Waals surface area contributed by atoms with Gasteiger partial charge in [0.05, 0.1) is 25.0 Å². The van der Waals surface area contributed by atoms with Crippen molar-refractivity contribution in [3.8, 4) is 5.75 Å². The van der Waals surface area contributed by atoms with E-state index in [1.165, 1.54) is 17.9 Å². The van der Waals surface area contributed by atoms with Crippen molar-refractivity contribution in [1.29, 1.82) is 0 Å². The molecule has 0 atom stereocenters. The molecule has 5 heteroatoms. The second kappa shape index (κ2) is 9.60. The van der Waals surface area contributed by atoms with Crippen molar-refractivity contribution in [2.75, 3.05) is 25.6 Å². The van der Waals surface area contributed by atoms with E-state index in [-0.39, 0.29) is 5.97 Å². The van der Waals surface area contributed by atoms with Crippen LogP contribution in [0.5, 0.6) is 5.75 Å². The van der Waals surface area contributed by atoms with Gasteiger partial charge in [0, 0.05) is 11.0 Å². The molecule has 0 heterocycles. The van der Waals surface area contributed by atoms with Crippen molar-refractivity contribution < 1.29 is 14.3 Å². The number of esters is 1. The number of unbranched alkanes of at least 4 members (excludes halogenated alkanes) is 1. The smallest absolute Gasteiger partial charge is 0.340 e. The SMILES string of the molecule is COC(=O)c1cc(C)cc(Br)c1NCCCCOc1ccc2ccccc2c1. The van der Waals surface area contributed by atoms with Crippen LogP contribution < -0.4 is 10.1 Å². The van der Waals surface area contributed by atoms with E-state index in [1.54, 1.807) is 0 Å². The number of nitrogens with one attached hydrogen (secondary N) is 1. The monoisotopic (exact) mass is 441 g/mol. The van der Waals surface area contributed by atoms with Crippen molar-refractivity contribution in [1.82, 2.24) is 0 Å². The fraction of sp³-hybridized carbons (Fsp3) is 0.261. The van der Waals surface area contributed by atoms with Crippen LogP contribution in [0.15, 0.2) is 59.1 Å². The number of halogens is 1. The van der Waals surface area contributed by atoms with Gasteiger partial charge in [0.1, 0.15) is 5.75 Å². The number of hydrogen-bond donors (Lipinski definition) is 1. The minimum Gasteiger partial charge on any atom is -0.494 e. The highest BCUT2D eigenvalue weighted by Gasteiger charge is 2.15. The molecule has 0 aliphatic carbocycles. The molecule has 0 radical (unpaired) electrons. The lowest BCUT2D eigenvalue weighted by atomic mass is 10.1. The van der Waals surface area contributed by atoms with Crippen LogP contribution in [0.3, 0.4) is 0 Å². The second-order valence-electron chi connectivity index (χ2n) is 6.65. The zero-order valence-corrected chi connectivity index (χ0v) is 17.7. The molecule has 0 saturated carbocycles. The van der Waals surface area contributed by atoms with Crippen LogP contribution in [0.2, 0.25) is 0 Å². The summed E-state index contributed by atoms with van der Waals surface area (Å²) in [5.41, 5.74) is 2.32. The molecule has 0 aliphatic rings. The number of carbonyl (C=O) groups excluding carboxylic acids is 1. The Labute approximate surface area is 174 Å². The van der Waals surface area contributed by atoms with Gasteiger partial charge in [-0.2, -0.15) is 0 Å². The molecule has 0 aliphatic heterocycles. The molecule has 28 heavy (non-hydrogen) atoms. The first-order chi connectivity index (χ1) is 13.6. The van der Waals surface area contributed by atoms with Crippen LogP contribution in [0.25, 0.3) is 10.8 Å². The van der Waals surface area contributed by atoms with Crippen molar-refractivity contribution in [3.05, 3.63) is 70.2 Å². The summed E-state index contributed by atoms with van der Waals surface area (Å²) in [6.45, 7) is 3.34. The maximum absolute atomic E-state index is 12.0. The lowest BCUT2D eigenvalue weighted by Gasteiger charge is -2.14. The van der Waals surface area contributed by atoms with E-state index in [2.05, 4.69) is 45.5 Å². The lowest BCUT2D eigenvalue weighted by Crippen LogP contribution is -2.11. The Morgan fingerprint density at radius 2 is 1.82 bits per heavy atom. The standard InChI is InChI=1S/C23H24BrNO3/c1-16-13-20(23(26)27-2)22(21(24)14-16)25-11-5-6-12-28-19-10-9-17-7-3-4-8-18(17)15-19/h3-4,7-10,13-15,25H,5-6,11-12H2,1-2H3. The maximum atomic E-state index is 12.0. The Morgan fingerprint density at radius 3 is 2.61 bits per heavy atom. The fourth-order valence-electron chi connectivity index (χ4n) is 3.08. The molecule has 0 spiro atoms. The summed E-state index contributed by atoms with van der Waals surface area (Å²) in [6.07, 6.45) is 1.84. The number of hydrogen-bond acceptors (Lipinski definition) is 4. The zero-order valence-electron chi connectivity index (χ0n) is 16.1. The van der Waals surface area contributed by atoms with E-state index in [4.69, 9.17) is 9.47 Å². The molecule has 0 saturated heterocycles. The molecular formula is C23H24BrNO3. The van der Waals surface area contributed by atoms with Gasteiger partial charge in [0.15, 0.2) is 0 Å². The van der Waals surface area contributed by atoms with Gasteiger partial charge in [0.2, 0.25) is 0 Å². The number of fused-ring (bicyclic) bond motifs is 1. The molecule has 146 valence electrons. The molecule has 0 unspecified atom stereocenters. The Bertz CT molecular complexity index is 971. The Hall–Kier alpha value is -2.53. The van der Waals surface area contributed by atoms with Crippen LogP contribution in [-0.2, 0) is 4.74 Å². The number of aryl methyl sites for hydroxylation is 1. The third kappa shape index (κ3) is 5.04. The number of rotatable bonds is 8. The topological polar surface area (TPSA) is 47.6 Å². The third-order valence-electron chi connectivity index (χ3n) is 4.50. The summed E-state index contributed by atoms with van der Waals surface area (Å²) in [7, 11) is 1.40. The Morgan fingerprint density at radius 1 is 1.04 bits per heavy atom.